The standard InChI is InChI=1S/C12H11BrCl2N2/c1-7-12(13)8(2)17(16-7)10-4-3-9(6-14)11(15)5-10/h3-5H,6H2,1-2H3. The summed E-state index contributed by atoms with van der Waals surface area (Å²) in [5.41, 5.74) is 3.88. The molecule has 0 unspecified atom stereocenters. The van der Waals surface area contributed by atoms with Crippen molar-refractivity contribution in [2.75, 3.05) is 0 Å². The van der Waals surface area contributed by atoms with E-state index in [1.54, 1.807) is 0 Å². The van der Waals surface area contributed by atoms with Gasteiger partial charge in [-0.25, -0.2) is 4.68 Å². The Balaban J connectivity index is 2.53. The van der Waals surface area contributed by atoms with E-state index in [-0.39, 0.29) is 0 Å². The third-order valence-electron chi connectivity index (χ3n) is 2.63. The van der Waals surface area contributed by atoms with Gasteiger partial charge in [0, 0.05) is 10.9 Å². The van der Waals surface area contributed by atoms with E-state index in [0.717, 1.165) is 27.1 Å². The largest absolute Gasteiger partial charge is 0.237 e. The lowest BCUT2D eigenvalue weighted by molar-refractivity contribution is 0.833. The highest BCUT2D eigenvalue weighted by molar-refractivity contribution is 9.10. The van der Waals surface area contributed by atoms with Crippen molar-refractivity contribution in [1.82, 2.24) is 9.78 Å². The van der Waals surface area contributed by atoms with E-state index >= 15 is 0 Å². The smallest absolute Gasteiger partial charge is 0.0743 e. The molecule has 0 amide bonds. The predicted molar refractivity (Wildman–Crippen MR) is 75.3 cm³/mol. The van der Waals surface area contributed by atoms with Gasteiger partial charge in [0.15, 0.2) is 0 Å². The Morgan fingerprint density at radius 3 is 2.53 bits per heavy atom. The van der Waals surface area contributed by atoms with Crippen LogP contribution in [0.25, 0.3) is 5.69 Å². The second-order valence-electron chi connectivity index (χ2n) is 3.81. The SMILES string of the molecule is Cc1nn(-c2ccc(CCl)c(Cl)c2)c(C)c1Br. The van der Waals surface area contributed by atoms with Gasteiger partial charge in [-0.3, -0.25) is 0 Å². The van der Waals surface area contributed by atoms with Crippen LogP contribution in [0.1, 0.15) is 17.0 Å². The molecule has 5 heteroatoms. The number of alkyl halides is 1. The molecule has 0 fully saturated rings. The first kappa shape index (κ1) is 12.9. The molecule has 2 aromatic rings. The third-order valence-corrected chi connectivity index (χ3v) is 4.42. The van der Waals surface area contributed by atoms with Crippen molar-refractivity contribution in [1.29, 1.82) is 0 Å². The monoisotopic (exact) mass is 332 g/mol. The van der Waals surface area contributed by atoms with Crippen LogP contribution in [0.2, 0.25) is 5.02 Å². The highest BCUT2D eigenvalue weighted by Gasteiger charge is 2.11. The fraction of sp³-hybridized carbons (Fsp3) is 0.250. The summed E-state index contributed by atoms with van der Waals surface area (Å²) in [6.07, 6.45) is 0. The van der Waals surface area contributed by atoms with Crippen LogP contribution in [0.5, 0.6) is 0 Å². The van der Waals surface area contributed by atoms with Crippen molar-refractivity contribution in [3.63, 3.8) is 0 Å². The van der Waals surface area contributed by atoms with Crippen molar-refractivity contribution >= 4 is 39.1 Å². The molecule has 0 atom stereocenters. The molecule has 2 rings (SSSR count). The van der Waals surface area contributed by atoms with Gasteiger partial charge in [0.1, 0.15) is 0 Å². The lowest BCUT2D eigenvalue weighted by Crippen LogP contribution is -1.99. The van der Waals surface area contributed by atoms with Gasteiger partial charge < -0.3 is 0 Å². The molecule has 17 heavy (non-hydrogen) atoms. The van der Waals surface area contributed by atoms with Crippen LogP contribution in [-0.2, 0) is 5.88 Å². The number of halogens is 3. The number of hydrogen-bond acceptors (Lipinski definition) is 1. The van der Waals surface area contributed by atoms with Crippen LogP contribution in [0.4, 0.5) is 0 Å². The third kappa shape index (κ3) is 2.37. The lowest BCUT2D eigenvalue weighted by Gasteiger charge is -2.07. The molecule has 1 aromatic heterocycles. The second kappa shape index (κ2) is 5.01. The Hall–Kier alpha value is -0.510. The Labute approximate surface area is 119 Å². The van der Waals surface area contributed by atoms with E-state index in [2.05, 4.69) is 21.0 Å². The van der Waals surface area contributed by atoms with Crippen molar-refractivity contribution < 1.29 is 0 Å². The first-order valence-corrected chi connectivity index (χ1v) is 6.81. The maximum Gasteiger partial charge on any atom is 0.0743 e. The van der Waals surface area contributed by atoms with Crippen molar-refractivity contribution in [3.05, 3.63) is 44.6 Å². The minimum atomic E-state index is 0.417. The van der Waals surface area contributed by atoms with Crippen molar-refractivity contribution in [3.8, 4) is 5.69 Å². The minimum Gasteiger partial charge on any atom is -0.237 e. The van der Waals surface area contributed by atoms with Gasteiger partial charge in [-0.2, -0.15) is 5.10 Å². The molecular weight excluding hydrogens is 323 g/mol. The van der Waals surface area contributed by atoms with E-state index in [1.807, 2.05) is 36.7 Å². The normalized spacial score (nSPS) is 10.9. The number of nitrogens with zero attached hydrogens (tertiary/aromatic N) is 2. The summed E-state index contributed by atoms with van der Waals surface area (Å²) in [6.45, 7) is 3.97. The minimum absolute atomic E-state index is 0.417. The molecule has 1 aromatic carbocycles. The topological polar surface area (TPSA) is 17.8 Å². The van der Waals surface area contributed by atoms with Crippen molar-refractivity contribution in [2.45, 2.75) is 19.7 Å². The molecule has 2 nitrogen and oxygen atoms in total. The number of benzene rings is 1. The zero-order valence-electron chi connectivity index (χ0n) is 9.47. The molecule has 0 saturated carbocycles. The summed E-state index contributed by atoms with van der Waals surface area (Å²) >= 11 is 15.4. The van der Waals surface area contributed by atoms with E-state index < -0.39 is 0 Å². The molecule has 0 aliphatic carbocycles. The van der Waals surface area contributed by atoms with Gasteiger partial charge in [0.2, 0.25) is 0 Å². The Kier molecular flexibility index (Phi) is 3.81. The van der Waals surface area contributed by atoms with E-state index in [1.165, 1.54) is 0 Å². The first-order chi connectivity index (χ1) is 8.04. The second-order valence-corrected chi connectivity index (χ2v) is 5.27. The molecule has 0 bridgehead atoms. The van der Waals surface area contributed by atoms with Gasteiger partial charge in [-0.05, 0) is 47.5 Å². The summed E-state index contributed by atoms with van der Waals surface area (Å²) in [6, 6.07) is 5.77. The summed E-state index contributed by atoms with van der Waals surface area (Å²) in [4.78, 5) is 0. The van der Waals surface area contributed by atoms with Crippen LogP contribution >= 0.6 is 39.1 Å². The molecule has 0 aliphatic heterocycles. The summed E-state index contributed by atoms with van der Waals surface area (Å²) in [5, 5.41) is 5.12. The maximum absolute atomic E-state index is 6.14. The maximum atomic E-state index is 6.14. The number of hydrogen-bond donors (Lipinski definition) is 0. The summed E-state index contributed by atoms with van der Waals surface area (Å²) in [7, 11) is 0. The lowest BCUT2D eigenvalue weighted by atomic mass is 10.2. The molecule has 1 heterocycles. The number of aryl methyl sites for hydroxylation is 1. The van der Waals surface area contributed by atoms with Gasteiger partial charge in [-0.1, -0.05) is 17.7 Å². The van der Waals surface area contributed by atoms with Crippen LogP contribution in [-0.4, -0.2) is 9.78 Å². The molecule has 0 radical (unpaired) electrons. The van der Waals surface area contributed by atoms with Crippen molar-refractivity contribution in [2.24, 2.45) is 0 Å². The van der Waals surface area contributed by atoms with Crippen LogP contribution in [0, 0.1) is 13.8 Å². The molecule has 90 valence electrons. The van der Waals surface area contributed by atoms with Crippen LogP contribution in [0.15, 0.2) is 22.7 Å². The Morgan fingerprint density at radius 1 is 1.35 bits per heavy atom. The van der Waals surface area contributed by atoms with Gasteiger partial charge >= 0.3 is 0 Å². The summed E-state index contributed by atoms with van der Waals surface area (Å²) in [5.74, 6) is 0.417. The van der Waals surface area contributed by atoms with E-state index in [4.69, 9.17) is 23.2 Å². The molecule has 0 aliphatic rings. The first-order valence-electron chi connectivity index (χ1n) is 5.11. The average Bonchev–Trinajstić information content (AvgIpc) is 2.57. The number of aromatic nitrogens is 2. The summed E-state index contributed by atoms with van der Waals surface area (Å²) < 4.78 is 2.89. The predicted octanol–water partition coefficient (Wildman–Crippen LogP) is 4.64. The quantitative estimate of drug-likeness (QED) is 0.732. The Bertz CT molecular complexity index is 564. The highest BCUT2D eigenvalue weighted by atomic mass is 79.9. The molecular formula is C12H11BrCl2N2. The number of rotatable bonds is 2. The fourth-order valence-corrected chi connectivity index (χ4v) is 2.44. The highest BCUT2D eigenvalue weighted by Crippen LogP contribution is 2.26. The average molecular weight is 334 g/mol. The molecule has 0 spiro atoms. The Morgan fingerprint density at radius 2 is 2.06 bits per heavy atom. The van der Waals surface area contributed by atoms with Gasteiger partial charge in [0.25, 0.3) is 0 Å². The van der Waals surface area contributed by atoms with Gasteiger partial charge in [-0.15, -0.1) is 11.6 Å². The molecule has 0 saturated heterocycles. The van der Waals surface area contributed by atoms with Crippen LogP contribution in [0.3, 0.4) is 0 Å². The van der Waals surface area contributed by atoms with Gasteiger partial charge in [0.05, 0.1) is 21.5 Å². The zero-order valence-corrected chi connectivity index (χ0v) is 12.6. The molecule has 0 N–H and O–H groups in total. The van der Waals surface area contributed by atoms with E-state index in [9.17, 15) is 0 Å². The fourth-order valence-electron chi connectivity index (χ4n) is 1.65. The van der Waals surface area contributed by atoms with Crippen LogP contribution < -0.4 is 0 Å². The zero-order chi connectivity index (χ0) is 12.6. The van der Waals surface area contributed by atoms with E-state index in [0.29, 0.717) is 10.9 Å².